The average Bonchev–Trinajstić information content (AvgIpc) is 2.65. The third-order valence-electron chi connectivity index (χ3n) is 4.51. The second-order valence-corrected chi connectivity index (χ2v) is 9.12. The predicted octanol–water partition coefficient (Wildman–Crippen LogP) is 5.38. The molecule has 0 spiro atoms. The number of ether oxygens (including phenoxy) is 2. The molecule has 0 heterocycles. The molecule has 2 aromatic rings. The molecule has 1 atom stereocenters. The highest BCUT2D eigenvalue weighted by molar-refractivity contribution is 5.88. The highest BCUT2D eigenvalue weighted by Gasteiger charge is 2.37. The van der Waals surface area contributed by atoms with Crippen LogP contribution in [0, 0.1) is 11.2 Å². The third kappa shape index (κ3) is 6.25. The zero-order valence-electron chi connectivity index (χ0n) is 18.8. The Bertz CT molecular complexity index is 978. The molecule has 0 aliphatic heterocycles. The van der Waals surface area contributed by atoms with Crippen molar-refractivity contribution < 1.29 is 28.6 Å². The van der Waals surface area contributed by atoms with E-state index in [0.717, 1.165) is 0 Å². The van der Waals surface area contributed by atoms with Crippen LogP contribution in [0.5, 0.6) is 5.75 Å². The molecule has 6 heteroatoms. The number of aliphatic hydroxyl groups is 1. The molecule has 0 aliphatic rings. The van der Waals surface area contributed by atoms with Crippen molar-refractivity contribution in [2.75, 3.05) is 0 Å². The zero-order chi connectivity index (χ0) is 23.6. The molecule has 0 radical (unpaired) electrons. The topological polar surface area (TPSA) is 72.8 Å². The number of carbonyl (C=O) groups is 2. The molecule has 2 rings (SSSR count). The van der Waals surface area contributed by atoms with E-state index in [2.05, 4.69) is 6.58 Å². The van der Waals surface area contributed by atoms with Gasteiger partial charge in [-0.25, -0.2) is 9.18 Å². The maximum atomic E-state index is 15.0. The number of hydrogen-bond donors (Lipinski definition) is 1. The van der Waals surface area contributed by atoms with E-state index in [1.54, 1.807) is 58.0 Å². The molecule has 2 aromatic carbocycles. The van der Waals surface area contributed by atoms with Crippen molar-refractivity contribution in [3.05, 3.63) is 66.0 Å². The van der Waals surface area contributed by atoms with Crippen LogP contribution >= 0.6 is 0 Å². The molecule has 0 fully saturated rings. The van der Waals surface area contributed by atoms with Gasteiger partial charge in [-0.3, -0.25) is 4.79 Å². The van der Waals surface area contributed by atoms with Gasteiger partial charge in [0.05, 0.1) is 5.41 Å². The molecule has 0 aliphatic carbocycles. The van der Waals surface area contributed by atoms with E-state index >= 15 is 4.39 Å². The number of benzene rings is 2. The fourth-order valence-corrected chi connectivity index (χ4v) is 2.70. The minimum absolute atomic E-state index is 0.0841. The summed E-state index contributed by atoms with van der Waals surface area (Å²) < 4.78 is 25.7. The van der Waals surface area contributed by atoms with E-state index in [1.807, 2.05) is 0 Å². The van der Waals surface area contributed by atoms with Crippen molar-refractivity contribution in [2.45, 2.75) is 53.2 Å². The molecule has 1 N–H and O–H groups in total. The summed E-state index contributed by atoms with van der Waals surface area (Å²) in [6.07, 6.45) is -1.17. The van der Waals surface area contributed by atoms with Crippen molar-refractivity contribution in [2.24, 2.45) is 5.41 Å². The van der Waals surface area contributed by atoms with Crippen molar-refractivity contribution >= 4 is 11.9 Å². The maximum Gasteiger partial charge on any atom is 0.338 e. The van der Waals surface area contributed by atoms with Gasteiger partial charge in [0.25, 0.3) is 0 Å². The first-order valence-corrected chi connectivity index (χ1v) is 9.91. The highest BCUT2D eigenvalue weighted by Crippen LogP contribution is 2.35. The van der Waals surface area contributed by atoms with Crippen LogP contribution < -0.4 is 4.74 Å². The summed E-state index contributed by atoms with van der Waals surface area (Å²) in [5.41, 5.74) is -0.633. The van der Waals surface area contributed by atoms with E-state index in [1.165, 1.54) is 26.0 Å². The molecule has 31 heavy (non-hydrogen) atoms. The van der Waals surface area contributed by atoms with Gasteiger partial charge in [0, 0.05) is 11.1 Å². The summed E-state index contributed by atoms with van der Waals surface area (Å²) in [5, 5.41) is 10.5. The fraction of sp³-hybridized carbons (Fsp3) is 0.360. The lowest BCUT2D eigenvalue weighted by Gasteiger charge is -2.32. The Hall–Kier alpha value is -2.99. The number of carbonyl (C=O) groups excluding carboxylic acids is 2. The monoisotopic (exact) mass is 428 g/mol. The molecule has 0 saturated heterocycles. The Labute approximate surface area is 182 Å². The summed E-state index contributed by atoms with van der Waals surface area (Å²) in [5.74, 6) is -1.32. The Kier molecular flexibility index (Phi) is 7.06. The minimum Gasteiger partial charge on any atom is -0.454 e. The third-order valence-corrected chi connectivity index (χ3v) is 4.51. The van der Waals surface area contributed by atoms with E-state index in [9.17, 15) is 14.7 Å². The fourth-order valence-electron chi connectivity index (χ4n) is 2.70. The van der Waals surface area contributed by atoms with E-state index < -0.39 is 34.9 Å². The highest BCUT2D eigenvalue weighted by atomic mass is 19.1. The lowest BCUT2D eigenvalue weighted by Crippen LogP contribution is -2.36. The summed E-state index contributed by atoms with van der Waals surface area (Å²) in [6.45, 7) is 13.1. The Morgan fingerprint density at radius 2 is 1.55 bits per heavy atom. The van der Waals surface area contributed by atoms with E-state index in [4.69, 9.17) is 9.47 Å². The van der Waals surface area contributed by atoms with Gasteiger partial charge < -0.3 is 14.6 Å². The van der Waals surface area contributed by atoms with Crippen LogP contribution in [0.2, 0.25) is 0 Å². The zero-order valence-corrected chi connectivity index (χ0v) is 18.8. The van der Waals surface area contributed by atoms with Gasteiger partial charge >= 0.3 is 11.9 Å². The van der Waals surface area contributed by atoms with Crippen LogP contribution in [0.25, 0.3) is 11.1 Å². The van der Waals surface area contributed by atoms with Crippen LogP contribution in [0.1, 0.15) is 53.2 Å². The van der Waals surface area contributed by atoms with Gasteiger partial charge in [0.15, 0.2) is 6.10 Å². The number of halogens is 1. The SMILES string of the molecule is C=C(C)C(=O)Oc1ccc(-c2ccc(C(OC(=O)C(C)(C)C)C(C)(C)O)c(F)c2)cc1. The van der Waals surface area contributed by atoms with Crippen molar-refractivity contribution in [3.8, 4) is 16.9 Å². The number of esters is 2. The minimum atomic E-state index is -1.49. The normalized spacial score (nSPS) is 12.8. The van der Waals surface area contributed by atoms with Gasteiger partial charge in [-0.2, -0.15) is 0 Å². The summed E-state index contributed by atoms with van der Waals surface area (Å²) in [7, 11) is 0. The Balaban J connectivity index is 2.31. The molecule has 166 valence electrons. The standard InChI is InChI=1S/C25H29FO5/c1-15(2)22(27)30-18-11-8-16(9-12-18)17-10-13-19(20(26)14-17)21(25(6,7)29)31-23(28)24(3,4)5/h8-14,21,29H,1H2,2-7H3. The van der Waals surface area contributed by atoms with Crippen LogP contribution in [-0.2, 0) is 14.3 Å². The van der Waals surface area contributed by atoms with Crippen LogP contribution in [0.4, 0.5) is 4.39 Å². The van der Waals surface area contributed by atoms with Crippen molar-refractivity contribution in [3.63, 3.8) is 0 Å². The first-order chi connectivity index (χ1) is 14.2. The molecule has 5 nitrogen and oxygen atoms in total. The predicted molar refractivity (Wildman–Crippen MR) is 117 cm³/mol. The van der Waals surface area contributed by atoms with Gasteiger partial charge in [0.2, 0.25) is 0 Å². The molecule has 0 aromatic heterocycles. The van der Waals surface area contributed by atoms with Gasteiger partial charge in [0.1, 0.15) is 17.2 Å². The van der Waals surface area contributed by atoms with Crippen LogP contribution in [0.3, 0.4) is 0 Å². The number of rotatable bonds is 6. The lowest BCUT2D eigenvalue weighted by molar-refractivity contribution is -0.172. The largest absolute Gasteiger partial charge is 0.454 e. The molecular formula is C25H29FO5. The molecule has 0 amide bonds. The lowest BCUT2D eigenvalue weighted by atomic mass is 9.91. The van der Waals surface area contributed by atoms with Gasteiger partial charge in [-0.05, 0) is 70.9 Å². The molecule has 0 bridgehead atoms. The van der Waals surface area contributed by atoms with E-state index in [0.29, 0.717) is 16.9 Å². The van der Waals surface area contributed by atoms with Gasteiger partial charge in [-0.15, -0.1) is 0 Å². The summed E-state index contributed by atoms with van der Waals surface area (Å²) in [6, 6.07) is 11.1. The molecule has 1 unspecified atom stereocenters. The van der Waals surface area contributed by atoms with Crippen molar-refractivity contribution in [1.29, 1.82) is 0 Å². The molecule has 0 saturated carbocycles. The van der Waals surface area contributed by atoms with E-state index in [-0.39, 0.29) is 11.1 Å². The van der Waals surface area contributed by atoms with Crippen molar-refractivity contribution in [1.82, 2.24) is 0 Å². The number of hydrogen-bond acceptors (Lipinski definition) is 5. The summed E-state index contributed by atoms with van der Waals surface area (Å²) >= 11 is 0. The first-order valence-electron chi connectivity index (χ1n) is 9.91. The summed E-state index contributed by atoms with van der Waals surface area (Å²) in [4.78, 5) is 24.0. The Morgan fingerprint density at radius 3 is 2.00 bits per heavy atom. The molecular weight excluding hydrogens is 399 g/mol. The van der Waals surface area contributed by atoms with Gasteiger partial charge in [-0.1, -0.05) is 30.8 Å². The first kappa shape index (κ1) is 24.3. The average molecular weight is 429 g/mol. The van der Waals surface area contributed by atoms with Crippen LogP contribution in [0.15, 0.2) is 54.6 Å². The second-order valence-electron chi connectivity index (χ2n) is 9.12. The van der Waals surface area contributed by atoms with Crippen LogP contribution in [-0.4, -0.2) is 22.6 Å². The smallest absolute Gasteiger partial charge is 0.338 e. The Morgan fingerprint density at radius 1 is 1.00 bits per heavy atom. The maximum absolute atomic E-state index is 15.0. The second kappa shape index (κ2) is 9.02. The quantitative estimate of drug-likeness (QED) is 0.380.